The minimum Gasteiger partial charge on any atom is -0.467 e. The minimum absolute atomic E-state index is 0.00829. The lowest BCUT2D eigenvalue weighted by atomic mass is 9.71. The molecular weight excluding hydrogens is 198 g/mol. The standard InChI is InChI=1S/C10H13NO4/c1-14-9(13)8(12)10(5-11)4-6-2-3-7(10)15-6/h6-8,12H,2-4H2,1H3. The van der Waals surface area contributed by atoms with Crippen molar-refractivity contribution in [3.63, 3.8) is 0 Å². The Morgan fingerprint density at radius 2 is 2.47 bits per heavy atom. The second-order valence-electron chi connectivity index (χ2n) is 4.11. The molecule has 0 amide bonds. The molecule has 5 nitrogen and oxygen atoms in total. The van der Waals surface area contributed by atoms with Crippen molar-refractivity contribution < 1.29 is 19.4 Å². The molecule has 0 aliphatic carbocycles. The van der Waals surface area contributed by atoms with Crippen LogP contribution in [0.4, 0.5) is 0 Å². The van der Waals surface area contributed by atoms with Crippen LogP contribution in [-0.2, 0) is 14.3 Å². The first-order valence-corrected chi connectivity index (χ1v) is 4.96. The van der Waals surface area contributed by atoms with E-state index in [-0.39, 0.29) is 12.2 Å². The molecule has 0 aromatic carbocycles. The number of carbonyl (C=O) groups is 1. The van der Waals surface area contributed by atoms with E-state index in [0.717, 1.165) is 12.8 Å². The fraction of sp³-hybridized carbons (Fsp3) is 0.800. The summed E-state index contributed by atoms with van der Waals surface area (Å²) in [5.74, 6) is -0.757. The Morgan fingerprint density at radius 1 is 1.73 bits per heavy atom. The summed E-state index contributed by atoms with van der Waals surface area (Å²) in [6.45, 7) is 0. The van der Waals surface area contributed by atoms with E-state index >= 15 is 0 Å². The summed E-state index contributed by atoms with van der Waals surface area (Å²) in [7, 11) is 1.20. The van der Waals surface area contributed by atoms with Crippen molar-refractivity contribution in [3.05, 3.63) is 0 Å². The number of esters is 1. The van der Waals surface area contributed by atoms with E-state index < -0.39 is 17.5 Å². The number of nitriles is 1. The van der Waals surface area contributed by atoms with Crippen LogP contribution in [0.15, 0.2) is 0 Å². The zero-order valence-electron chi connectivity index (χ0n) is 8.47. The summed E-state index contributed by atoms with van der Waals surface area (Å²) in [6.07, 6.45) is 0.331. The topological polar surface area (TPSA) is 79.5 Å². The quantitative estimate of drug-likeness (QED) is 0.649. The van der Waals surface area contributed by atoms with E-state index in [1.54, 1.807) is 0 Å². The third kappa shape index (κ3) is 1.33. The van der Waals surface area contributed by atoms with Crippen molar-refractivity contribution in [3.8, 4) is 6.07 Å². The van der Waals surface area contributed by atoms with Gasteiger partial charge in [0.05, 0.1) is 25.4 Å². The van der Waals surface area contributed by atoms with Gasteiger partial charge in [0.25, 0.3) is 0 Å². The monoisotopic (exact) mass is 211 g/mol. The van der Waals surface area contributed by atoms with Gasteiger partial charge in [-0.05, 0) is 19.3 Å². The maximum atomic E-state index is 11.3. The predicted octanol–water partition coefficient (Wildman–Crippen LogP) is -0.0184. The van der Waals surface area contributed by atoms with E-state index in [0.29, 0.717) is 6.42 Å². The van der Waals surface area contributed by atoms with Crippen LogP contribution < -0.4 is 0 Å². The fourth-order valence-electron chi connectivity index (χ4n) is 2.53. The minimum atomic E-state index is -1.40. The van der Waals surface area contributed by atoms with Gasteiger partial charge in [0, 0.05) is 0 Å². The highest BCUT2D eigenvalue weighted by Crippen LogP contribution is 2.49. The van der Waals surface area contributed by atoms with Gasteiger partial charge in [-0.2, -0.15) is 5.26 Å². The van der Waals surface area contributed by atoms with Crippen LogP contribution in [0.5, 0.6) is 0 Å². The number of ether oxygens (including phenoxy) is 2. The maximum absolute atomic E-state index is 11.3. The third-order valence-electron chi connectivity index (χ3n) is 3.37. The highest BCUT2D eigenvalue weighted by atomic mass is 16.5. The Bertz CT molecular complexity index is 324. The van der Waals surface area contributed by atoms with Crippen LogP contribution in [0, 0.1) is 16.7 Å². The van der Waals surface area contributed by atoms with Crippen molar-refractivity contribution in [2.75, 3.05) is 7.11 Å². The van der Waals surface area contributed by atoms with Gasteiger partial charge in [-0.3, -0.25) is 0 Å². The Labute approximate surface area is 87.6 Å². The van der Waals surface area contributed by atoms with E-state index in [4.69, 9.17) is 10.00 Å². The normalized spacial score (nSPS) is 39.8. The second-order valence-corrected chi connectivity index (χ2v) is 4.11. The molecule has 2 aliphatic rings. The molecular formula is C10H13NO4. The van der Waals surface area contributed by atoms with E-state index in [9.17, 15) is 9.90 Å². The number of carbonyl (C=O) groups excluding carboxylic acids is 1. The molecule has 0 aromatic heterocycles. The van der Waals surface area contributed by atoms with Crippen molar-refractivity contribution in [1.29, 1.82) is 5.26 Å². The van der Waals surface area contributed by atoms with Gasteiger partial charge < -0.3 is 14.6 Å². The SMILES string of the molecule is COC(=O)C(O)C1(C#N)CC2CCC1O2. The average molecular weight is 211 g/mol. The van der Waals surface area contributed by atoms with Crippen LogP contribution in [0.2, 0.25) is 0 Å². The van der Waals surface area contributed by atoms with Crippen molar-refractivity contribution in [2.24, 2.45) is 5.41 Å². The molecule has 2 saturated heterocycles. The lowest BCUT2D eigenvalue weighted by Gasteiger charge is -2.30. The van der Waals surface area contributed by atoms with E-state index in [2.05, 4.69) is 4.74 Å². The number of aliphatic hydroxyl groups is 1. The van der Waals surface area contributed by atoms with Crippen LogP contribution in [0.1, 0.15) is 19.3 Å². The summed E-state index contributed by atoms with van der Waals surface area (Å²) < 4.78 is 9.97. The molecule has 2 aliphatic heterocycles. The Kier molecular flexibility index (Phi) is 2.41. The first-order chi connectivity index (χ1) is 7.14. The van der Waals surface area contributed by atoms with Crippen LogP contribution in [-0.4, -0.2) is 36.5 Å². The van der Waals surface area contributed by atoms with Gasteiger partial charge in [-0.15, -0.1) is 0 Å². The summed E-state index contributed by atoms with van der Waals surface area (Å²) in [6, 6.07) is 2.05. The van der Waals surface area contributed by atoms with Gasteiger partial charge in [-0.25, -0.2) is 4.79 Å². The molecule has 0 radical (unpaired) electrons. The van der Waals surface area contributed by atoms with E-state index in [1.165, 1.54) is 7.11 Å². The molecule has 0 aromatic rings. The molecule has 15 heavy (non-hydrogen) atoms. The molecule has 0 spiro atoms. The highest BCUT2D eigenvalue weighted by Gasteiger charge is 2.59. The molecule has 4 unspecified atom stereocenters. The Morgan fingerprint density at radius 3 is 2.87 bits per heavy atom. The number of aliphatic hydroxyl groups excluding tert-OH is 1. The third-order valence-corrected chi connectivity index (χ3v) is 3.37. The summed E-state index contributed by atoms with van der Waals surface area (Å²) in [4.78, 5) is 11.3. The van der Waals surface area contributed by atoms with Crippen LogP contribution in [0.3, 0.4) is 0 Å². The van der Waals surface area contributed by atoms with Crippen molar-refractivity contribution in [2.45, 2.75) is 37.6 Å². The van der Waals surface area contributed by atoms with Gasteiger partial charge in [0.1, 0.15) is 5.41 Å². The number of rotatable bonds is 2. The van der Waals surface area contributed by atoms with Gasteiger partial charge in [0.15, 0.2) is 6.10 Å². The zero-order chi connectivity index (χ0) is 11.1. The molecule has 82 valence electrons. The van der Waals surface area contributed by atoms with Gasteiger partial charge in [-0.1, -0.05) is 0 Å². The van der Waals surface area contributed by atoms with Crippen molar-refractivity contribution in [1.82, 2.24) is 0 Å². The predicted molar refractivity (Wildman–Crippen MR) is 48.6 cm³/mol. The van der Waals surface area contributed by atoms with Gasteiger partial charge in [0.2, 0.25) is 0 Å². The summed E-state index contributed by atoms with van der Waals surface area (Å²) >= 11 is 0. The number of methoxy groups -OCH3 is 1. The number of nitrogens with zero attached hydrogens (tertiary/aromatic N) is 1. The fourth-order valence-corrected chi connectivity index (χ4v) is 2.53. The highest BCUT2D eigenvalue weighted by molar-refractivity contribution is 5.76. The largest absolute Gasteiger partial charge is 0.467 e. The van der Waals surface area contributed by atoms with Gasteiger partial charge >= 0.3 is 5.97 Å². The molecule has 5 heteroatoms. The smallest absolute Gasteiger partial charge is 0.336 e. The maximum Gasteiger partial charge on any atom is 0.336 e. The van der Waals surface area contributed by atoms with Crippen LogP contribution >= 0.6 is 0 Å². The summed E-state index contributed by atoms with van der Waals surface area (Å²) in [5.41, 5.74) is -1.10. The number of hydrogen-bond donors (Lipinski definition) is 1. The number of fused-ring (bicyclic) bond motifs is 2. The molecule has 4 atom stereocenters. The second kappa shape index (κ2) is 3.47. The molecule has 2 fully saturated rings. The lowest BCUT2D eigenvalue weighted by molar-refractivity contribution is -0.158. The molecule has 1 N–H and O–H groups in total. The molecule has 2 bridgehead atoms. The van der Waals surface area contributed by atoms with E-state index in [1.807, 2.05) is 6.07 Å². The number of hydrogen-bond acceptors (Lipinski definition) is 5. The Balaban J connectivity index is 2.24. The average Bonchev–Trinajstić information content (AvgIpc) is 2.86. The summed E-state index contributed by atoms with van der Waals surface area (Å²) in [5, 5.41) is 19.0. The zero-order valence-corrected chi connectivity index (χ0v) is 8.47. The van der Waals surface area contributed by atoms with Crippen LogP contribution in [0.25, 0.3) is 0 Å². The molecule has 2 heterocycles. The first-order valence-electron chi connectivity index (χ1n) is 4.96. The molecule has 2 rings (SSSR count). The lowest BCUT2D eigenvalue weighted by Crippen LogP contribution is -2.47. The Hall–Kier alpha value is -1.12. The molecule has 0 saturated carbocycles. The van der Waals surface area contributed by atoms with Crippen molar-refractivity contribution >= 4 is 5.97 Å². The first kappa shape index (κ1) is 10.4.